The second-order valence-corrected chi connectivity index (χ2v) is 9.33. The molecule has 140 valence electrons. The number of ether oxygens (including phenoxy) is 1. The molecule has 0 aliphatic carbocycles. The quantitative estimate of drug-likeness (QED) is 0.707. The smallest absolute Gasteiger partial charge is 0.408 e. The lowest BCUT2D eigenvalue weighted by atomic mass is 9.96. The van der Waals surface area contributed by atoms with Gasteiger partial charge in [-0.3, -0.25) is 4.79 Å². The number of aliphatic carboxylic acids is 1. The minimum Gasteiger partial charge on any atom is -0.480 e. The van der Waals surface area contributed by atoms with Crippen LogP contribution < -0.4 is 5.32 Å². The Labute approximate surface area is 149 Å². The van der Waals surface area contributed by atoms with E-state index in [0.717, 1.165) is 10.5 Å². The first-order valence-electron chi connectivity index (χ1n) is 7.84. The van der Waals surface area contributed by atoms with E-state index in [0.29, 0.717) is 0 Å². The van der Waals surface area contributed by atoms with Crippen LogP contribution in [0.2, 0.25) is 0 Å². The highest BCUT2D eigenvalue weighted by atomic mass is 32.2. The molecule has 26 heavy (non-hydrogen) atoms. The highest BCUT2D eigenvalue weighted by molar-refractivity contribution is 7.94. The first kappa shape index (κ1) is 18.2. The Balaban J connectivity index is 1.72. The van der Waals surface area contributed by atoms with E-state index in [-0.39, 0.29) is 6.61 Å². The van der Waals surface area contributed by atoms with Gasteiger partial charge in [-0.15, -0.1) is 0 Å². The van der Waals surface area contributed by atoms with Crippen molar-refractivity contribution in [3.8, 4) is 0 Å². The molecule has 2 heterocycles. The molecule has 1 aromatic carbocycles. The van der Waals surface area contributed by atoms with Crippen molar-refractivity contribution in [1.29, 1.82) is 0 Å². The van der Waals surface area contributed by atoms with Crippen LogP contribution in [0.25, 0.3) is 0 Å². The van der Waals surface area contributed by atoms with Gasteiger partial charge in [-0.2, -0.15) is 0 Å². The molecule has 9 nitrogen and oxygen atoms in total. The van der Waals surface area contributed by atoms with Crippen molar-refractivity contribution in [3.05, 3.63) is 35.9 Å². The fourth-order valence-electron chi connectivity index (χ4n) is 3.33. The number of fused-ring (bicyclic) bond motifs is 1. The van der Waals surface area contributed by atoms with E-state index >= 15 is 0 Å². The van der Waals surface area contributed by atoms with Crippen molar-refractivity contribution < 1.29 is 32.6 Å². The molecule has 1 aromatic rings. The SMILES string of the molecule is CC1(C)[C@H](C(=O)O)N2C(=O)[C@@H](NC(=O)OCc3ccccc3)[C@H]2S1(=O)=O. The van der Waals surface area contributed by atoms with Crippen LogP contribution in [0.3, 0.4) is 0 Å². The summed E-state index contributed by atoms with van der Waals surface area (Å²) in [5.41, 5.74) is 0.727. The fourth-order valence-corrected chi connectivity index (χ4v) is 5.55. The number of rotatable bonds is 4. The number of sulfone groups is 1. The van der Waals surface area contributed by atoms with Crippen LogP contribution in [-0.2, 0) is 30.8 Å². The number of hydrogen-bond donors (Lipinski definition) is 2. The van der Waals surface area contributed by atoms with E-state index < -0.39 is 50.0 Å². The lowest BCUT2D eigenvalue weighted by Gasteiger charge is -2.42. The first-order chi connectivity index (χ1) is 12.1. The largest absolute Gasteiger partial charge is 0.480 e. The topological polar surface area (TPSA) is 130 Å². The van der Waals surface area contributed by atoms with Crippen molar-refractivity contribution in [1.82, 2.24) is 10.2 Å². The van der Waals surface area contributed by atoms with E-state index in [1.807, 2.05) is 0 Å². The third-order valence-corrected chi connectivity index (χ3v) is 7.61. The van der Waals surface area contributed by atoms with Crippen LogP contribution in [0.1, 0.15) is 19.4 Å². The summed E-state index contributed by atoms with van der Waals surface area (Å²) >= 11 is 0. The van der Waals surface area contributed by atoms with Gasteiger partial charge in [-0.1, -0.05) is 30.3 Å². The number of nitrogens with one attached hydrogen (secondary N) is 1. The minimum atomic E-state index is -4.00. The van der Waals surface area contributed by atoms with E-state index in [4.69, 9.17) is 4.74 Å². The monoisotopic (exact) mass is 382 g/mol. The van der Waals surface area contributed by atoms with Gasteiger partial charge in [0.15, 0.2) is 15.2 Å². The van der Waals surface area contributed by atoms with E-state index in [9.17, 15) is 27.9 Å². The maximum atomic E-state index is 12.7. The molecule has 3 rings (SSSR count). The van der Waals surface area contributed by atoms with Crippen LogP contribution >= 0.6 is 0 Å². The van der Waals surface area contributed by atoms with Crippen LogP contribution in [-0.4, -0.2) is 58.6 Å². The van der Waals surface area contributed by atoms with Gasteiger partial charge in [0.2, 0.25) is 5.91 Å². The average molecular weight is 382 g/mol. The number of carboxylic acids is 1. The van der Waals surface area contributed by atoms with Gasteiger partial charge in [-0.05, 0) is 19.4 Å². The molecule has 2 N–H and O–H groups in total. The summed E-state index contributed by atoms with van der Waals surface area (Å²) in [6.07, 6.45) is -0.946. The van der Waals surface area contributed by atoms with E-state index in [2.05, 4.69) is 5.32 Å². The summed E-state index contributed by atoms with van der Waals surface area (Å²) in [5, 5.41) is 10.2. The van der Waals surface area contributed by atoms with Crippen molar-refractivity contribution in [3.63, 3.8) is 0 Å². The number of carbonyl (C=O) groups excluding carboxylic acids is 2. The predicted molar refractivity (Wildman–Crippen MR) is 88.6 cm³/mol. The van der Waals surface area contributed by atoms with Crippen molar-refractivity contribution >= 4 is 27.8 Å². The van der Waals surface area contributed by atoms with Gasteiger partial charge in [0, 0.05) is 0 Å². The molecule has 0 bridgehead atoms. The number of carboxylic acid groups (broad SMARTS) is 1. The highest BCUT2D eigenvalue weighted by Crippen LogP contribution is 2.45. The standard InChI is InChI=1S/C16H18N2O7S/c1-16(2)11(14(20)21)18-12(19)10(13(18)26(16,23)24)17-15(22)25-8-9-6-4-3-5-7-9/h3-7,10-11,13H,8H2,1-2H3,(H,17,22)(H,20,21)/t10-,11+,13-/m1/s1. The number of benzene rings is 1. The summed E-state index contributed by atoms with van der Waals surface area (Å²) in [7, 11) is -4.00. The van der Waals surface area contributed by atoms with Crippen LogP contribution in [0, 0.1) is 0 Å². The Hall–Kier alpha value is -2.62. The van der Waals surface area contributed by atoms with Crippen LogP contribution in [0.15, 0.2) is 30.3 Å². The summed E-state index contributed by atoms with van der Waals surface area (Å²) in [5.74, 6) is -2.16. The van der Waals surface area contributed by atoms with Gasteiger partial charge >= 0.3 is 12.1 Å². The summed E-state index contributed by atoms with van der Waals surface area (Å²) in [6.45, 7) is 2.48. The highest BCUT2D eigenvalue weighted by Gasteiger charge is 2.72. The molecule has 2 amide bonds. The third-order valence-electron chi connectivity index (χ3n) is 4.79. The Morgan fingerprint density at radius 2 is 1.88 bits per heavy atom. The number of alkyl carbamates (subject to hydrolysis) is 1. The van der Waals surface area contributed by atoms with Crippen LogP contribution in [0.5, 0.6) is 0 Å². The van der Waals surface area contributed by atoms with Crippen molar-refractivity contribution in [2.24, 2.45) is 0 Å². The van der Waals surface area contributed by atoms with Crippen molar-refractivity contribution in [2.75, 3.05) is 0 Å². The maximum Gasteiger partial charge on any atom is 0.408 e. The molecule has 3 atom stereocenters. The zero-order valence-corrected chi connectivity index (χ0v) is 14.9. The molecule has 0 radical (unpaired) electrons. The van der Waals surface area contributed by atoms with E-state index in [1.165, 1.54) is 13.8 Å². The van der Waals surface area contributed by atoms with Gasteiger partial charge in [0.05, 0.1) is 0 Å². The number of hydrogen-bond acceptors (Lipinski definition) is 6. The molecule has 2 aliphatic rings. The normalized spacial score (nSPS) is 28.0. The minimum absolute atomic E-state index is 0.0437. The van der Waals surface area contributed by atoms with Crippen LogP contribution in [0.4, 0.5) is 4.79 Å². The molecule has 0 unspecified atom stereocenters. The summed E-state index contributed by atoms with van der Waals surface area (Å²) in [6, 6.07) is 5.97. The Bertz CT molecular complexity index is 866. The summed E-state index contributed by atoms with van der Waals surface area (Å²) < 4.78 is 28.6. The molecule has 10 heteroatoms. The molecule has 2 aliphatic heterocycles. The molecule has 0 saturated carbocycles. The molecule has 0 aromatic heterocycles. The van der Waals surface area contributed by atoms with Gasteiger partial charge in [-0.25, -0.2) is 18.0 Å². The lowest BCUT2D eigenvalue weighted by molar-refractivity contribution is -0.160. The molecule has 2 fully saturated rings. The zero-order valence-electron chi connectivity index (χ0n) is 14.1. The molecule has 2 saturated heterocycles. The molecular weight excluding hydrogens is 364 g/mol. The van der Waals surface area contributed by atoms with Gasteiger partial charge in [0.1, 0.15) is 23.4 Å². The second-order valence-electron chi connectivity index (χ2n) is 6.71. The number of carbonyl (C=O) groups is 3. The van der Waals surface area contributed by atoms with E-state index in [1.54, 1.807) is 30.3 Å². The van der Waals surface area contributed by atoms with Gasteiger partial charge in [0.25, 0.3) is 0 Å². The van der Waals surface area contributed by atoms with Crippen molar-refractivity contribution in [2.45, 2.75) is 42.7 Å². The number of amides is 2. The lowest BCUT2D eigenvalue weighted by Crippen LogP contribution is -2.72. The Kier molecular flexibility index (Phi) is 4.18. The van der Waals surface area contributed by atoms with Gasteiger partial charge < -0.3 is 20.1 Å². The average Bonchev–Trinajstić information content (AvgIpc) is 2.72. The molecule has 0 spiro atoms. The fraction of sp³-hybridized carbons (Fsp3) is 0.438. The number of β-lactam (4-membered cyclic amide) rings is 1. The Morgan fingerprint density at radius 1 is 1.27 bits per heavy atom. The number of nitrogens with zero attached hydrogens (tertiary/aromatic N) is 1. The second kappa shape index (κ2) is 5.97. The zero-order chi connectivity index (χ0) is 19.3. The maximum absolute atomic E-state index is 12.7. The first-order valence-corrected chi connectivity index (χ1v) is 9.39. The third kappa shape index (κ3) is 2.52. The summed E-state index contributed by atoms with van der Waals surface area (Å²) in [4.78, 5) is 36.5. The molecular formula is C16H18N2O7S. The predicted octanol–water partition coefficient (Wildman–Crippen LogP) is 0.110. The Morgan fingerprint density at radius 3 is 2.46 bits per heavy atom.